The van der Waals surface area contributed by atoms with Crippen LogP contribution in [0.1, 0.15) is 26.7 Å². The van der Waals surface area contributed by atoms with Crippen LogP contribution >= 0.6 is 46.7 Å². The zero-order valence-corrected chi connectivity index (χ0v) is 29.0. The molecule has 4 aromatic carbocycles. The van der Waals surface area contributed by atoms with Crippen LogP contribution in [0.15, 0.2) is 153 Å². The van der Waals surface area contributed by atoms with Crippen LogP contribution in [0.3, 0.4) is 0 Å². The molecule has 1 aliphatic carbocycles. The van der Waals surface area contributed by atoms with Gasteiger partial charge in [0.25, 0.3) is 0 Å². The van der Waals surface area contributed by atoms with E-state index in [1.54, 1.807) is 0 Å². The topological polar surface area (TPSA) is 10.9 Å². The van der Waals surface area contributed by atoms with E-state index in [0.717, 1.165) is 47.4 Å². The maximum Gasteiger partial charge on any atom is 0.242 e. The SMILES string of the molecule is CCN1/C(=C\C=C2\CCC(/C=C/[C]3Sc4ccc(Cl)cc4[NH+]3CC)=C2N(c2ccccc2)c2ccccc2)Sc2ccc(Cl)cc21. The lowest BCUT2D eigenvalue weighted by Crippen LogP contribution is -3.05. The number of halogens is 2. The summed E-state index contributed by atoms with van der Waals surface area (Å²) in [5, 5.41) is 4.08. The second-order valence-corrected chi connectivity index (χ2v) is 14.3. The van der Waals surface area contributed by atoms with Crippen molar-refractivity contribution in [1.29, 1.82) is 0 Å². The van der Waals surface area contributed by atoms with E-state index < -0.39 is 0 Å². The van der Waals surface area contributed by atoms with Gasteiger partial charge in [-0.25, -0.2) is 0 Å². The maximum absolute atomic E-state index is 6.40. The summed E-state index contributed by atoms with van der Waals surface area (Å²) in [6, 6.07) is 33.9. The van der Waals surface area contributed by atoms with Crippen LogP contribution < -0.4 is 14.7 Å². The molecule has 4 aromatic rings. The van der Waals surface area contributed by atoms with Gasteiger partial charge in [-0.15, -0.1) is 0 Å². The lowest BCUT2D eigenvalue weighted by Gasteiger charge is -2.28. The first-order valence-corrected chi connectivity index (χ1v) is 18.1. The number of thioether (sulfide) groups is 2. The number of quaternary nitrogens is 1. The molecule has 1 atom stereocenters. The van der Waals surface area contributed by atoms with Gasteiger partial charge in [-0.2, -0.15) is 0 Å². The number of benzene rings is 4. The Kier molecular flexibility index (Phi) is 9.39. The Bertz CT molecular complexity index is 1830. The second-order valence-electron chi connectivity index (χ2n) is 11.3. The summed E-state index contributed by atoms with van der Waals surface area (Å²) in [7, 11) is 0. The highest BCUT2D eigenvalue weighted by Crippen LogP contribution is 2.48. The van der Waals surface area contributed by atoms with Crippen LogP contribution in [0, 0.1) is 5.37 Å². The average molecular weight is 681 g/mol. The number of hydrogen-bond acceptors (Lipinski definition) is 4. The fourth-order valence-corrected chi connectivity index (χ4v) is 9.02. The minimum absolute atomic E-state index is 0.768. The fourth-order valence-electron chi connectivity index (χ4n) is 6.40. The predicted octanol–water partition coefficient (Wildman–Crippen LogP) is 11.0. The van der Waals surface area contributed by atoms with Crippen LogP contribution in [0.2, 0.25) is 10.0 Å². The summed E-state index contributed by atoms with van der Waals surface area (Å²) in [6.45, 7) is 6.27. The van der Waals surface area contributed by atoms with Gasteiger partial charge in [0.2, 0.25) is 5.37 Å². The third-order valence-corrected chi connectivity index (χ3v) is 11.3. The molecule has 0 spiro atoms. The van der Waals surface area contributed by atoms with E-state index in [4.69, 9.17) is 23.2 Å². The van der Waals surface area contributed by atoms with Crippen LogP contribution in [0.5, 0.6) is 0 Å². The third-order valence-electron chi connectivity index (χ3n) is 8.53. The molecule has 2 heterocycles. The fraction of sp³-hybridized carbons (Fsp3) is 0.154. The van der Waals surface area contributed by atoms with E-state index in [1.807, 2.05) is 35.7 Å². The van der Waals surface area contributed by atoms with Gasteiger partial charge in [-0.1, -0.05) is 83.5 Å². The lowest BCUT2D eigenvalue weighted by atomic mass is 10.1. The molecule has 231 valence electrons. The van der Waals surface area contributed by atoms with Crippen molar-refractivity contribution in [2.24, 2.45) is 0 Å². The molecule has 7 heteroatoms. The van der Waals surface area contributed by atoms with E-state index in [0.29, 0.717) is 0 Å². The number of allylic oxidation sites excluding steroid dienone is 5. The molecule has 0 aromatic heterocycles. The van der Waals surface area contributed by atoms with Gasteiger partial charge in [0.15, 0.2) is 0 Å². The Hall–Kier alpha value is -3.32. The molecule has 2 aliphatic heterocycles. The molecule has 1 radical (unpaired) electrons. The van der Waals surface area contributed by atoms with E-state index in [2.05, 4.69) is 133 Å². The van der Waals surface area contributed by atoms with Crippen molar-refractivity contribution >= 4 is 69.5 Å². The molecular weight excluding hydrogens is 645 g/mol. The average Bonchev–Trinajstić information content (AvgIpc) is 3.75. The molecule has 7 rings (SSSR count). The summed E-state index contributed by atoms with van der Waals surface area (Å²) in [6.07, 6.45) is 11.3. The Morgan fingerprint density at radius 2 is 1.43 bits per heavy atom. The smallest absolute Gasteiger partial charge is 0.242 e. The standard InChI is InChI=1S/C39H35Cl2N3S2/c1-3-42-33-25-29(40)19-21-35(33)45-37(42)23-17-27-15-16-28(18-24-38-43(4-2)34-26-30(41)20-22-36(34)46-38)39(27)44(31-11-7-5-8-12-31)32-13-9-6-10-14-32/h5-14,17-26,42H,3-4,15-16H2,1-2H3/q+1/b23-17+,28-18-,38-24+. The number of fused-ring (bicyclic) bond motifs is 2. The van der Waals surface area contributed by atoms with E-state index in [1.165, 1.54) is 53.3 Å². The first kappa shape index (κ1) is 31.3. The Labute approximate surface area is 290 Å². The number of hydrogen-bond donors (Lipinski definition) is 1. The van der Waals surface area contributed by atoms with Gasteiger partial charge in [-0.05, 0) is 116 Å². The summed E-state index contributed by atoms with van der Waals surface area (Å²) in [5.41, 5.74) is 8.64. The van der Waals surface area contributed by atoms with Gasteiger partial charge in [0, 0.05) is 38.9 Å². The maximum atomic E-state index is 6.40. The Balaban J connectivity index is 1.31. The van der Waals surface area contributed by atoms with Crippen LogP contribution in [-0.2, 0) is 0 Å². The van der Waals surface area contributed by atoms with Crippen molar-refractivity contribution in [3.05, 3.63) is 159 Å². The largest absolute Gasteiger partial charge is 0.335 e. The molecule has 1 unspecified atom stereocenters. The van der Waals surface area contributed by atoms with Gasteiger partial charge in [0.05, 0.1) is 27.9 Å². The molecule has 3 nitrogen and oxygen atoms in total. The monoisotopic (exact) mass is 679 g/mol. The highest BCUT2D eigenvalue weighted by atomic mass is 35.5. The number of rotatable bonds is 8. The van der Waals surface area contributed by atoms with Crippen LogP contribution in [0.25, 0.3) is 0 Å². The molecule has 46 heavy (non-hydrogen) atoms. The first-order valence-electron chi connectivity index (χ1n) is 15.7. The number of anilines is 3. The van der Waals surface area contributed by atoms with E-state index in [-0.39, 0.29) is 0 Å². The van der Waals surface area contributed by atoms with Crippen molar-refractivity contribution in [2.75, 3.05) is 22.9 Å². The highest BCUT2D eigenvalue weighted by molar-refractivity contribution is 8.03. The molecule has 0 amide bonds. The Morgan fingerprint density at radius 1 is 0.761 bits per heavy atom. The number of nitrogens with one attached hydrogen (secondary N) is 1. The second kappa shape index (κ2) is 13.8. The highest BCUT2D eigenvalue weighted by Gasteiger charge is 2.35. The van der Waals surface area contributed by atoms with Crippen molar-refractivity contribution in [2.45, 2.75) is 36.5 Å². The summed E-state index contributed by atoms with van der Waals surface area (Å²) in [5.74, 6) is 0. The predicted molar refractivity (Wildman–Crippen MR) is 199 cm³/mol. The van der Waals surface area contributed by atoms with Gasteiger partial charge in [0.1, 0.15) is 5.69 Å². The molecule has 0 fully saturated rings. The van der Waals surface area contributed by atoms with Crippen molar-refractivity contribution < 1.29 is 4.90 Å². The first-order chi connectivity index (χ1) is 22.5. The number of para-hydroxylation sites is 2. The van der Waals surface area contributed by atoms with E-state index in [9.17, 15) is 0 Å². The quantitative estimate of drug-likeness (QED) is 0.199. The summed E-state index contributed by atoms with van der Waals surface area (Å²) >= 11 is 16.5. The van der Waals surface area contributed by atoms with Gasteiger partial charge >= 0.3 is 0 Å². The third kappa shape index (κ3) is 6.20. The van der Waals surface area contributed by atoms with Crippen molar-refractivity contribution in [3.8, 4) is 0 Å². The van der Waals surface area contributed by atoms with Crippen LogP contribution in [-0.4, -0.2) is 13.1 Å². The van der Waals surface area contributed by atoms with Crippen LogP contribution in [0.4, 0.5) is 22.7 Å². The van der Waals surface area contributed by atoms with Crippen molar-refractivity contribution in [1.82, 2.24) is 0 Å². The lowest BCUT2D eigenvalue weighted by molar-refractivity contribution is -0.798. The number of likely N-dealkylation sites (N-methyl/N-ethyl adjacent to an activating group) is 1. The normalized spacial score (nSPS) is 19.6. The minimum Gasteiger partial charge on any atom is -0.335 e. The molecule has 1 N–H and O–H groups in total. The summed E-state index contributed by atoms with van der Waals surface area (Å²) < 4.78 is 0. The zero-order valence-electron chi connectivity index (χ0n) is 25.8. The van der Waals surface area contributed by atoms with Crippen molar-refractivity contribution in [3.63, 3.8) is 0 Å². The molecule has 0 bridgehead atoms. The van der Waals surface area contributed by atoms with E-state index >= 15 is 0 Å². The van der Waals surface area contributed by atoms with Gasteiger partial charge < -0.3 is 9.80 Å². The molecular formula is C39H35Cl2N3S2+. The number of nitrogens with zero attached hydrogens (tertiary/aromatic N) is 2. The molecule has 3 aliphatic rings. The molecule has 0 saturated heterocycles. The zero-order chi connectivity index (χ0) is 31.6. The Morgan fingerprint density at radius 3 is 2.11 bits per heavy atom. The van der Waals surface area contributed by atoms with Gasteiger partial charge in [-0.3, -0.25) is 4.90 Å². The minimum atomic E-state index is 0.768. The summed E-state index contributed by atoms with van der Waals surface area (Å²) in [4.78, 5) is 8.67. The molecule has 0 saturated carbocycles.